The number of nitrogens with zero attached hydrogens (tertiary/aromatic N) is 1. The van der Waals surface area contributed by atoms with E-state index in [1.54, 1.807) is 25.1 Å². The standard InChI is InChI=1S/C31H29Cl2F2NO6/c1-4-23(32)22(24(33)5-2)15-26(19-12-13-25(42-31(34)35)27(14-19)40-16-18-10-11-18)41-30(39)17(3)36-28(37)20-8-6-7-9-21(20)29(36)38/h4-9,12-14,17-18,26,31H,1,10-11,15-16H2,2-3H3/b23-22+,24-5+/t17?,26-/m0/s1. The van der Waals surface area contributed by atoms with Crippen molar-refractivity contribution in [3.05, 3.63) is 93.5 Å². The van der Waals surface area contributed by atoms with Crippen molar-refractivity contribution in [1.29, 1.82) is 0 Å². The number of hydrogen-bond donors (Lipinski definition) is 0. The van der Waals surface area contributed by atoms with Gasteiger partial charge >= 0.3 is 12.6 Å². The van der Waals surface area contributed by atoms with E-state index in [4.69, 9.17) is 32.7 Å². The molecule has 2 aliphatic rings. The minimum absolute atomic E-state index is 0.0478. The number of esters is 1. The normalized spacial score (nSPS) is 17.0. The Morgan fingerprint density at radius 1 is 1.10 bits per heavy atom. The lowest BCUT2D eigenvalue weighted by atomic mass is 9.99. The van der Waals surface area contributed by atoms with Gasteiger partial charge in [-0.15, -0.1) is 0 Å². The van der Waals surface area contributed by atoms with Gasteiger partial charge in [-0.25, -0.2) is 4.79 Å². The van der Waals surface area contributed by atoms with Gasteiger partial charge in [0.15, 0.2) is 11.5 Å². The van der Waals surface area contributed by atoms with Gasteiger partial charge in [0.05, 0.1) is 17.7 Å². The number of carbonyl (C=O) groups excluding carboxylic acids is 3. The molecular formula is C31H29Cl2F2NO6. The summed E-state index contributed by atoms with van der Waals surface area (Å²) in [5.74, 6) is -1.93. The van der Waals surface area contributed by atoms with Crippen LogP contribution in [0.4, 0.5) is 8.78 Å². The number of ether oxygens (including phenoxy) is 3. The molecule has 222 valence electrons. The molecule has 1 heterocycles. The largest absolute Gasteiger partial charge is 0.489 e. The number of halogens is 4. The Hall–Kier alpha value is -3.69. The summed E-state index contributed by atoms with van der Waals surface area (Å²) >= 11 is 12.8. The quantitative estimate of drug-likeness (QED) is 0.131. The zero-order valence-corrected chi connectivity index (χ0v) is 24.5. The first kappa shape index (κ1) is 31.3. The van der Waals surface area contributed by atoms with Gasteiger partial charge in [0, 0.05) is 16.5 Å². The van der Waals surface area contributed by atoms with Crippen LogP contribution in [0.1, 0.15) is 65.5 Å². The highest BCUT2D eigenvalue weighted by atomic mass is 35.5. The fraction of sp³-hybridized carbons (Fsp3) is 0.323. The van der Waals surface area contributed by atoms with Crippen LogP contribution in [-0.4, -0.2) is 41.9 Å². The van der Waals surface area contributed by atoms with Gasteiger partial charge in [-0.2, -0.15) is 8.78 Å². The summed E-state index contributed by atoms with van der Waals surface area (Å²) in [6, 6.07) is 9.19. The van der Waals surface area contributed by atoms with Crippen LogP contribution in [-0.2, 0) is 9.53 Å². The molecule has 1 unspecified atom stereocenters. The van der Waals surface area contributed by atoms with Gasteiger partial charge in [-0.3, -0.25) is 14.5 Å². The summed E-state index contributed by atoms with van der Waals surface area (Å²) in [7, 11) is 0. The van der Waals surface area contributed by atoms with Crippen LogP contribution in [0.5, 0.6) is 11.5 Å². The second-order valence-electron chi connectivity index (χ2n) is 9.84. The number of imide groups is 1. The van der Waals surface area contributed by atoms with Crippen molar-refractivity contribution in [3.8, 4) is 11.5 Å². The van der Waals surface area contributed by atoms with Crippen molar-refractivity contribution >= 4 is 41.0 Å². The van der Waals surface area contributed by atoms with Crippen LogP contribution < -0.4 is 9.47 Å². The Bertz CT molecular complexity index is 1420. The van der Waals surface area contributed by atoms with Gasteiger partial charge in [-0.1, -0.05) is 60.1 Å². The van der Waals surface area contributed by atoms with Crippen molar-refractivity contribution in [2.24, 2.45) is 5.92 Å². The maximum Gasteiger partial charge on any atom is 0.387 e. The number of hydrogen-bond acceptors (Lipinski definition) is 6. The Kier molecular flexibility index (Phi) is 10.1. The maximum absolute atomic E-state index is 13.5. The molecule has 1 aliphatic carbocycles. The van der Waals surface area contributed by atoms with E-state index in [-0.39, 0.29) is 39.1 Å². The molecule has 2 atom stereocenters. The molecule has 11 heteroatoms. The zero-order valence-electron chi connectivity index (χ0n) is 22.9. The van der Waals surface area contributed by atoms with Gasteiger partial charge in [-0.05, 0) is 68.0 Å². The lowest BCUT2D eigenvalue weighted by Gasteiger charge is -2.26. The van der Waals surface area contributed by atoms with Crippen LogP contribution in [0, 0.1) is 5.92 Å². The predicted molar refractivity (Wildman–Crippen MR) is 154 cm³/mol. The molecule has 0 radical (unpaired) electrons. The van der Waals surface area contributed by atoms with Crippen molar-refractivity contribution < 1.29 is 37.4 Å². The minimum atomic E-state index is -3.08. The molecule has 42 heavy (non-hydrogen) atoms. The van der Waals surface area contributed by atoms with Crippen molar-refractivity contribution in [1.82, 2.24) is 4.90 Å². The number of amides is 2. The average molecular weight is 620 g/mol. The van der Waals surface area contributed by atoms with Gasteiger partial charge in [0.1, 0.15) is 12.1 Å². The predicted octanol–water partition coefficient (Wildman–Crippen LogP) is 7.56. The first-order valence-corrected chi connectivity index (χ1v) is 14.0. The summed E-state index contributed by atoms with van der Waals surface area (Å²) in [4.78, 5) is 40.3. The minimum Gasteiger partial charge on any atom is -0.489 e. The second-order valence-corrected chi connectivity index (χ2v) is 10.7. The maximum atomic E-state index is 13.5. The van der Waals surface area contributed by atoms with Gasteiger partial charge in [0.25, 0.3) is 11.8 Å². The van der Waals surface area contributed by atoms with E-state index in [2.05, 4.69) is 11.3 Å². The third-order valence-electron chi connectivity index (χ3n) is 6.94. The summed E-state index contributed by atoms with van der Waals surface area (Å²) < 4.78 is 42.6. The molecule has 0 spiro atoms. The van der Waals surface area contributed by atoms with E-state index in [1.165, 1.54) is 43.3 Å². The van der Waals surface area contributed by atoms with E-state index in [9.17, 15) is 23.2 Å². The third kappa shape index (κ3) is 7.02. The summed E-state index contributed by atoms with van der Waals surface area (Å²) in [6.07, 6.45) is 3.79. The van der Waals surface area contributed by atoms with Crippen molar-refractivity contribution in [2.75, 3.05) is 6.61 Å². The van der Waals surface area contributed by atoms with Crippen LogP contribution in [0.2, 0.25) is 0 Å². The Morgan fingerprint density at radius 2 is 1.74 bits per heavy atom. The number of allylic oxidation sites excluding steroid dienone is 4. The fourth-order valence-electron chi connectivity index (χ4n) is 4.45. The van der Waals surface area contributed by atoms with Crippen LogP contribution in [0.3, 0.4) is 0 Å². The molecule has 0 aromatic heterocycles. The summed E-state index contributed by atoms with van der Waals surface area (Å²) in [5.41, 5.74) is 1.13. The molecule has 2 aromatic rings. The lowest BCUT2D eigenvalue weighted by Crippen LogP contribution is -2.44. The first-order chi connectivity index (χ1) is 20.0. The number of carbonyl (C=O) groups is 3. The van der Waals surface area contributed by atoms with Gasteiger partial charge < -0.3 is 14.2 Å². The van der Waals surface area contributed by atoms with Crippen molar-refractivity contribution in [3.63, 3.8) is 0 Å². The molecule has 0 N–H and O–H groups in total. The van der Waals surface area contributed by atoms with Crippen LogP contribution in [0.15, 0.2) is 76.8 Å². The van der Waals surface area contributed by atoms with E-state index >= 15 is 0 Å². The van der Waals surface area contributed by atoms with E-state index in [1.807, 2.05) is 0 Å². The topological polar surface area (TPSA) is 82.1 Å². The molecular weight excluding hydrogens is 591 g/mol. The summed E-state index contributed by atoms with van der Waals surface area (Å²) in [6.45, 7) is 3.99. The highest BCUT2D eigenvalue weighted by Gasteiger charge is 2.42. The first-order valence-electron chi connectivity index (χ1n) is 13.3. The molecule has 2 aromatic carbocycles. The van der Waals surface area contributed by atoms with Crippen LogP contribution in [0.25, 0.3) is 0 Å². The molecule has 1 aliphatic heterocycles. The Balaban J connectivity index is 1.68. The lowest BCUT2D eigenvalue weighted by molar-refractivity contribution is -0.153. The molecule has 2 amide bonds. The van der Waals surface area contributed by atoms with Crippen molar-refractivity contribution in [2.45, 2.75) is 51.9 Å². The number of benzene rings is 2. The molecule has 1 saturated carbocycles. The SMILES string of the molecule is C=C/C(Cl)=C(C[C@H](OC(=O)C(C)N1C(=O)c2ccccc2C1=O)c1ccc(OC(F)F)c(OCC2CC2)c1)\C(Cl)=C/C. The fourth-order valence-corrected chi connectivity index (χ4v) is 4.85. The highest BCUT2D eigenvalue weighted by Crippen LogP contribution is 2.39. The van der Waals surface area contributed by atoms with E-state index in [0.717, 1.165) is 17.7 Å². The Morgan fingerprint density at radius 3 is 2.29 bits per heavy atom. The molecule has 0 bridgehead atoms. The van der Waals surface area contributed by atoms with Gasteiger partial charge in [0.2, 0.25) is 0 Å². The second kappa shape index (κ2) is 13.5. The number of fused-ring (bicyclic) bond motifs is 1. The highest BCUT2D eigenvalue weighted by molar-refractivity contribution is 6.36. The average Bonchev–Trinajstić information content (AvgIpc) is 3.78. The summed E-state index contributed by atoms with van der Waals surface area (Å²) in [5, 5.41) is 0.479. The Labute approximate surface area is 252 Å². The zero-order chi connectivity index (χ0) is 30.6. The monoisotopic (exact) mass is 619 g/mol. The molecule has 4 rings (SSSR count). The van der Waals surface area contributed by atoms with Crippen LogP contribution >= 0.6 is 23.2 Å². The molecule has 1 fully saturated rings. The number of rotatable bonds is 13. The number of alkyl halides is 2. The molecule has 0 saturated heterocycles. The van der Waals surface area contributed by atoms with E-state index < -0.39 is 36.5 Å². The van der Waals surface area contributed by atoms with E-state index in [0.29, 0.717) is 23.7 Å². The molecule has 7 nitrogen and oxygen atoms in total. The third-order valence-corrected chi connectivity index (χ3v) is 7.77. The smallest absolute Gasteiger partial charge is 0.387 e.